The number of carbonyl (C=O) groups excluding carboxylic acids is 1. The van der Waals surface area contributed by atoms with E-state index in [2.05, 4.69) is 10.4 Å². The number of ether oxygens (including phenoxy) is 1. The van der Waals surface area contributed by atoms with Crippen molar-refractivity contribution in [2.45, 2.75) is 6.54 Å². The summed E-state index contributed by atoms with van der Waals surface area (Å²) in [6.07, 6.45) is 3.16. The summed E-state index contributed by atoms with van der Waals surface area (Å²) in [6, 6.07) is 10.8. The summed E-state index contributed by atoms with van der Waals surface area (Å²) >= 11 is 0. The zero-order valence-corrected chi connectivity index (χ0v) is 12.1. The fourth-order valence-electron chi connectivity index (χ4n) is 1.97. The molecule has 7 heteroatoms. The molecular weight excluding hydrogens is 301 g/mol. The number of carbonyl (C=O) groups is 1. The lowest BCUT2D eigenvalue weighted by Gasteiger charge is -2.09. The van der Waals surface area contributed by atoms with E-state index in [0.717, 1.165) is 5.76 Å². The maximum Gasteiger partial charge on any atom is 0.263 e. The lowest BCUT2D eigenvalue weighted by molar-refractivity contribution is -0.118. The summed E-state index contributed by atoms with van der Waals surface area (Å²) in [5.74, 6) is 0.991. The van der Waals surface area contributed by atoms with Gasteiger partial charge >= 0.3 is 0 Å². The van der Waals surface area contributed by atoms with Crippen molar-refractivity contribution in [3.63, 3.8) is 0 Å². The molecule has 0 aliphatic rings. The first-order chi connectivity index (χ1) is 11.2. The third-order valence-corrected chi connectivity index (χ3v) is 3.05. The Balaban J connectivity index is 1.56. The fraction of sp³-hybridized carbons (Fsp3) is 0.125. The van der Waals surface area contributed by atoms with Crippen LogP contribution < -0.4 is 10.1 Å². The number of nitrogens with one attached hydrogen (secondary N) is 1. The topological polar surface area (TPSA) is 69.3 Å². The second kappa shape index (κ2) is 6.78. The molecular formula is C16H14FN3O3. The van der Waals surface area contributed by atoms with Crippen LogP contribution in [0.5, 0.6) is 5.75 Å². The van der Waals surface area contributed by atoms with Gasteiger partial charge in [-0.05, 0) is 36.4 Å². The number of benzene rings is 1. The highest BCUT2D eigenvalue weighted by Crippen LogP contribution is 2.12. The largest absolute Gasteiger partial charge is 0.484 e. The van der Waals surface area contributed by atoms with Crippen molar-refractivity contribution in [1.82, 2.24) is 9.78 Å². The fourth-order valence-corrected chi connectivity index (χ4v) is 1.97. The molecule has 0 aliphatic heterocycles. The van der Waals surface area contributed by atoms with Gasteiger partial charge in [-0.2, -0.15) is 5.10 Å². The Kier molecular flexibility index (Phi) is 4.37. The molecule has 1 aromatic carbocycles. The Morgan fingerprint density at radius 2 is 2.09 bits per heavy atom. The highest BCUT2D eigenvalue weighted by atomic mass is 19.1. The van der Waals surface area contributed by atoms with Crippen molar-refractivity contribution in [3.8, 4) is 5.75 Å². The smallest absolute Gasteiger partial charge is 0.263 e. The van der Waals surface area contributed by atoms with Gasteiger partial charge < -0.3 is 14.5 Å². The van der Waals surface area contributed by atoms with Crippen molar-refractivity contribution < 1.29 is 18.3 Å². The van der Waals surface area contributed by atoms with Crippen LogP contribution in [0.2, 0.25) is 0 Å². The number of rotatable bonds is 6. The van der Waals surface area contributed by atoms with E-state index in [9.17, 15) is 9.18 Å². The molecule has 6 nitrogen and oxygen atoms in total. The maximum atomic E-state index is 12.8. The monoisotopic (exact) mass is 315 g/mol. The number of halogens is 1. The molecule has 0 saturated heterocycles. The molecule has 1 N–H and O–H groups in total. The van der Waals surface area contributed by atoms with Crippen LogP contribution in [0, 0.1) is 5.82 Å². The first kappa shape index (κ1) is 14.8. The first-order valence-electron chi connectivity index (χ1n) is 6.93. The Labute approximate surface area is 131 Å². The van der Waals surface area contributed by atoms with Crippen molar-refractivity contribution in [3.05, 3.63) is 66.5 Å². The quantitative estimate of drug-likeness (QED) is 0.759. The van der Waals surface area contributed by atoms with Gasteiger partial charge in [-0.1, -0.05) is 0 Å². The standard InChI is InChI=1S/C16H14FN3O3/c17-12-3-5-13(6-4-12)23-11-16(21)19-15-7-8-18-20(15)10-14-2-1-9-22-14/h1-9H,10-11H2,(H,19,21). The minimum Gasteiger partial charge on any atom is -0.484 e. The Bertz CT molecular complexity index is 766. The summed E-state index contributed by atoms with van der Waals surface area (Å²) in [5.41, 5.74) is 0. The lowest BCUT2D eigenvalue weighted by Crippen LogP contribution is -2.22. The van der Waals surface area contributed by atoms with E-state index >= 15 is 0 Å². The number of nitrogens with zero attached hydrogens (tertiary/aromatic N) is 2. The summed E-state index contributed by atoms with van der Waals surface area (Å²) in [6.45, 7) is 0.228. The van der Waals surface area contributed by atoms with E-state index < -0.39 is 0 Å². The molecule has 0 spiro atoms. The molecule has 0 atom stereocenters. The number of furan rings is 1. The van der Waals surface area contributed by atoms with Gasteiger partial charge in [-0.3, -0.25) is 4.79 Å². The predicted octanol–water partition coefficient (Wildman–Crippen LogP) is 2.68. The zero-order valence-electron chi connectivity index (χ0n) is 12.1. The number of aromatic nitrogens is 2. The van der Waals surface area contributed by atoms with E-state index in [-0.39, 0.29) is 18.3 Å². The second-order valence-corrected chi connectivity index (χ2v) is 4.74. The van der Waals surface area contributed by atoms with Crippen LogP contribution in [0.4, 0.5) is 10.2 Å². The van der Waals surface area contributed by atoms with E-state index in [1.807, 2.05) is 6.07 Å². The van der Waals surface area contributed by atoms with Crippen molar-refractivity contribution in [2.24, 2.45) is 0 Å². The van der Waals surface area contributed by atoms with Gasteiger partial charge in [0.1, 0.15) is 29.7 Å². The summed E-state index contributed by atoms with van der Waals surface area (Å²) in [7, 11) is 0. The normalized spacial score (nSPS) is 10.5. The highest BCUT2D eigenvalue weighted by Gasteiger charge is 2.09. The molecule has 23 heavy (non-hydrogen) atoms. The van der Waals surface area contributed by atoms with E-state index in [1.54, 1.807) is 29.3 Å². The van der Waals surface area contributed by atoms with Crippen LogP contribution in [0.1, 0.15) is 5.76 Å². The van der Waals surface area contributed by atoms with Gasteiger partial charge in [0, 0.05) is 6.07 Å². The van der Waals surface area contributed by atoms with Crippen molar-refractivity contribution in [1.29, 1.82) is 0 Å². The lowest BCUT2D eigenvalue weighted by atomic mass is 10.3. The van der Waals surface area contributed by atoms with Crippen LogP contribution >= 0.6 is 0 Å². The second-order valence-electron chi connectivity index (χ2n) is 4.74. The summed E-state index contributed by atoms with van der Waals surface area (Å²) in [4.78, 5) is 11.9. The molecule has 3 rings (SSSR count). The number of hydrogen-bond acceptors (Lipinski definition) is 4. The number of hydrogen-bond donors (Lipinski definition) is 1. The Morgan fingerprint density at radius 1 is 1.26 bits per heavy atom. The van der Waals surface area contributed by atoms with E-state index in [4.69, 9.17) is 9.15 Å². The Morgan fingerprint density at radius 3 is 2.83 bits per heavy atom. The highest BCUT2D eigenvalue weighted by molar-refractivity contribution is 5.91. The Hall–Kier alpha value is -3.09. The molecule has 0 saturated carbocycles. The molecule has 0 aliphatic carbocycles. The summed E-state index contributed by atoms with van der Waals surface area (Å²) in [5, 5.41) is 6.84. The molecule has 0 bridgehead atoms. The molecule has 0 unspecified atom stereocenters. The van der Waals surface area contributed by atoms with Crippen LogP contribution in [0.25, 0.3) is 0 Å². The third kappa shape index (κ3) is 3.97. The minimum absolute atomic E-state index is 0.183. The average Bonchev–Trinajstić information content (AvgIpc) is 3.20. The number of amides is 1. The third-order valence-electron chi connectivity index (χ3n) is 3.05. The van der Waals surface area contributed by atoms with Gasteiger partial charge in [0.2, 0.25) is 0 Å². The summed E-state index contributed by atoms with van der Waals surface area (Å²) < 4.78 is 24.9. The maximum absolute atomic E-state index is 12.8. The molecule has 0 fully saturated rings. The van der Waals surface area contributed by atoms with Crippen LogP contribution in [0.15, 0.2) is 59.3 Å². The molecule has 2 aromatic heterocycles. The molecule has 118 valence electrons. The van der Waals surface area contributed by atoms with Crippen molar-refractivity contribution >= 4 is 11.7 Å². The molecule has 0 radical (unpaired) electrons. The SMILES string of the molecule is O=C(COc1ccc(F)cc1)Nc1ccnn1Cc1ccco1. The van der Waals surface area contributed by atoms with Gasteiger partial charge in [-0.25, -0.2) is 9.07 Å². The first-order valence-corrected chi connectivity index (χ1v) is 6.93. The predicted molar refractivity (Wildman–Crippen MR) is 80.6 cm³/mol. The molecule has 1 amide bonds. The van der Waals surface area contributed by atoms with Crippen LogP contribution in [-0.2, 0) is 11.3 Å². The van der Waals surface area contributed by atoms with E-state index in [0.29, 0.717) is 18.1 Å². The molecule has 2 heterocycles. The number of anilines is 1. The zero-order chi connectivity index (χ0) is 16.1. The van der Waals surface area contributed by atoms with Crippen molar-refractivity contribution in [2.75, 3.05) is 11.9 Å². The van der Waals surface area contributed by atoms with E-state index in [1.165, 1.54) is 24.3 Å². The van der Waals surface area contributed by atoms with Gasteiger partial charge in [0.25, 0.3) is 5.91 Å². The molecule has 3 aromatic rings. The van der Waals surface area contributed by atoms with Gasteiger partial charge in [0.05, 0.1) is 12.5 Å². The van der Waals surface area contributed by atoms with Crippen LogP contribution in [0.3, 0.4) is 0 Å². The minimum atomic E-state index is -0.358. The average molecular weight is 315 g/mol. The van der Waals surface area contributed by atoms with Crippen LogP contribution in [-0.4, -0.2) is 22.3 Å². The van der Waals surface area contributed by atoms with Gasteiger partial charge in [-0.15, -0.1) is 0 Å². The van der Waals surface area contributed by atoms with Gasteiger partial charge in [0.15, 0.2) is 6.61 Å².